The molecule has 1 aromatic carbocycles. The monoisotopic (exact) mass is 538 g/mol. The fourth-order valence-corrected chi connectivity index (χ4v) is 6.47. The number of halogens is 2. The van der Waals surface area contributed by atoms with Crippen LogP contribution in [-0.4, -0.2) is 45.2 Å². The number of allylic oxidation sites excluding steroid dienone is 2. The molecule has 0 radical (unpaired) electrons. The summed E-state index contributed by atoms with van der Waals surface area (Å²) in [6, 6.07) is 4.59. The molecule has 2 aromatic rings. The topological polar surface area (TPSA) is 65.5 Å². The Bertz CT molecular complexity index is 1410. The number of amides is 2. The first kappa shape index (κ1) is 25.4. The fraction of sp³-hybridized carbons (Fsp3) is 0.321. The number of benzene rings is 1. The van der Waals surface area contributed by atoms with E-state index < -0.39 is 6.04 Å². The van der Waals surface area contributed by atoms with Crippen LogP contribution in [0.15, 0.2) is 59.6 Å². The maximum Gasteiger partial charge on any atom is 0.254 e. The smallest absolute Gasteiger partial charge is 0.254 e. The van der Waals surface area contributed by atoms with Crippen molar-refractivity contribution in [3.8, 4) is 11.3 Å². The van der Waals surface area contributed by atoms with Gasteiger partial charge in [0.15, 0.2) is 0 Å². The zero-order valence-corrected chi connectivity index (χ0v) is 22.5. The first-order valence-corrected chi connectivity index (χ1v) is 13.5. The molecule has 4 heterocycles. The Morgan fingerprint density at radius 2 is 2.14 bits per heavy atom. The number of fused-ring (bicyclic) bond motifs is 2. The first-order valence-electron chi connectivity index (χ1n) is 12.3. The van der Waals surface area contributed by atoms with Gasteiger partial charge in [0.2, 0.25) is 5.91 Å². The highest BCUT2D eigenvalue weighted by atomic mass is 35.5. The lowest BCUT2D eigenvalue weighted by Crippen LogP contribution is -2.50. The van der Waals surface area contributed by atoms with Crippen LogP contribution in [0.5, 0.6) is 0 Å². The van der Waals surface area contributed by atoms with Gasteiger partial charge in [-0.15, -0.1) is 11.3 Å². The minimum absolute atomic E-state index is 0.0170. The van der Waals surface area contributed by atoms with Crippen molar-refractivity contribution < 1.29 is 14.0 Å². The second-order valence-electron chi connectivity index (χ2n) is 9.51. The van der Waals surface area contributed by atoms with Crippen LogP contribution in [0.2, 0.25) is 0 Å². The number of aryl methyl sites for hydroxylation is 2. The molecule has 1 N–H and O–H groups in total. The predicted octanol–water partition coefficient (Wildman–Crippen LogP) is 5.64. The number of piperazine rings is 1. The molecule has 2 amide bonds. The lowest BCUT2D eigenvalue weighted by atomic mass is 9.94. The van der Waals surface area contributed by atoms with E-state index in [1.165, 1.54) is 6.07 Å². The molecule has 2 bridgehead atoms. The summed E-state index contributed by atoms with van der Waals surface area (Å²) < 4.78 is 15.4. The van der Waals surface area contributed by atoms with Gasteiger partial charge in [-0.05, 0) is 50.5 Å². The average molecular weight is 539 g/mol. The molecule has 37 heavy (non-hydrogen) atoms. The zero-order valence-electron chi connectivity index (χ0n) is 21.0. The van der Waals surface area contributed by atoms with Crippen molar-refractivity contribution in [1.29, 1.82) is 0 Å². The zero-order chi connectivity index (χ0) is 26.4. The van der Waals surface area contributed by atoms with E-state index in [9.17, 15) is 9.59 Å². The molecule has 3 aliphatic heterocycles. The summed E-state index contributed by atoms with van der Waals surface area (Å²) in [5.41, 5.74) is 3.43. The maximum atomic E-state index is 15.4. The van der Waals surface area contributed by atoms with Crippen molar-refractivity contribution in [3.05, 3.63) is 80.8 Å². The number of carbonyl (C=O) groups excluding carboxylic acids is 2. The molecule has 2 atom stereocenters. The van der Waals surface area contributed by atoms with E-state index in [1.54, 1.807) is 45.6 Å². The van der Waals surface area contributed by atoms with Gasteiger partial charge in [0.25, 0.3) is 5.91 Å². The summed E-state index contributed by atoms with van der Waals surface area (Å²) in [5, 5.41) is 4.11. The van der Waals surface area contributed by atoms with Gasteiger partial charge in [0.1, 0.15) is 17.0 Å². The van der Waals surface area contributed by atoms with E-state index >= 15 is 4.39 Å². The Balaban J connectivity index is 1.49. The third-order valence-electron chi connectivity index (χ3n) is 6.93. The highest BCUT2D eigenvalue weighted by Crippen LogP contribution is 2.40. The predicted molar refractivity (Wildman–Crippen MR) is 145 cm³/mol. The van der Waals surface area contributed by atoms with Gasteiger partial charge >= 0.3 is 0 Å². The minimum atomic E-state index is -0.421. The highest BCUT2D eigenvalue weighted by Gasteiger charge is 2.46. The number of carbonyl (C=O) groups is 2. The third kappa shape index (κ3) is 4.53. The Kier molecular flexibility index (Phi) is 6.81. The number of thiazole rings is 1. The van der Waals surface area contributed by atoms with Crippen molar-refractivity contribution in [2.24, 2.45) is 0 Å². The minimum Gasteiger partial charge on any atom is -0.350 e. The molecule has 5 rings (SSSR count). The number of hydrogen-bond donors (Lipinski definition) is 1. The molecule has 3 aliphatic rings. The molecule has 2 unspecified atom stereocenters. The van der Waals surface area contributed by atoms with Gasteiger partial charge in [-0.2, -0.15) is 0 Å². The van der Waals surface area contributed by atoms with Gasteiger partial charge in [-0.1, -0.05) is 43.7 Å². The van der Waals surface area contributed by atoms with Crippen LogP contribution < -0.4 is 5.32 Å². The Labute approximate surface area is 224 Å². The Hall–Kier alpha value is -3.23. The largest absolute Gasteiger partial charge is 0.350 e. The van der Waals surface area contributed by atoms with Gasteiger partial charge in [0.05, 0.1) is 10.7 Å². The number of aromatic nitrogens is 1. The van der Waals surface area contributed by atoms with Gasteiger partial charge in [-0.3, -0.25) is 9.59 Å². The van der Waals surface area contributed by atoms with Crippen molar-refractivity contribution in [2.75, 3.05) is 6.54 Å². The number of hydrogen-bond acceptors (Lipinski definition) is 5. The lowest BCUT2D eigenvalue weighted by molar-refractivity contribution is -0.136. The first-order chi connectivity index (χ1) is 17.7. The molecule has 0 spiro atoms. The van der Waals surface area contributed by atoms with Gasteiger partial charge in [0, 0.05) is 46.1 Å². The van der Waals surface area contributed by atoms with E-state index in [0.717, 1.165) is 22.0 Å². The second-order valence-corrected chi connectivity index (χ2v) is 11.3. The molecular weight excluding hydrogens is 511 g/mol. The molecule has 1 aromatic heterocycles. The van der Waals surface area contributed by atoms with E-state index in [1.807, 2.05) is 26.8 Å². The van der Waals surface area contributed by atoms with Crippen LogP contribution in [0.4, 0.5) is 4.39 Å². The highest BCUT2D eigenvalue weighted by molar-refractivity contribution is 7.11. The summed E-state index contributed by atoms with van der Waals surface area (Å²) in [6.45, 7) is 10.6. The quantitative estimate of drug-likeness (QED) is 0.483. The van der Waals surface area contributed by atoms with Crippen LogP contribution in [0.25, 0.3) is 16.8 Å². The van der Waals surface area contributed by atoms with E-state index in [0.29, 0.717) is 52.5 Å². The van der Waals surface area contributed by atoms with Crippen LogP contribution in [0.1, 0.15) is 41.6 Å². The standard InChI is InChI=1S/C28H28ClFN4O2S/c1-5-7-21(24-20(8-6-9-22(24)30)25-16(3)37-17(4)31-25)26(29)33-11-10-18(12-15(33)2)28(36)34-14-19-13-23(34)27(35)32-19/h6,8-12,19,23H,2,5,7,13-14H2,1,3-4H3,(H,32,35)/b26-21+. The maximum absolute atomic E-state index is 15.4. The number of nitrogens with one attached hydrogen (secondary N) is 1. The van der Waals surface area contributed by atoms with Crippen molar-refractivity contribution in [2.45, 2.75) is 52.1 Å². The van der Waals surface area contributed by atoms with Gasteiger partial charge < -0.3 is 15.1 Å². The number of nitrogens with zero attached hydrogens (tertiary/aromatic N) is 3. The summed E-state index contributed by atoms with van der Waals surface area (Å²) >= 11 is 8.54. The van der Waals surface area contributed by atoms with E-state index in [-0.39, 0.29) is 23.7 Å². The molecule has 0 saturated carbocycles. The molecule has 2 fully saturated rings. The lowest BCUT2D eigenvalue weighted by Gasteiger charge is -2.30. The normalized spacial score (nSPS) is 21.4. The van der Waals surface area contributed by atoms with Crippen LogP contribution in [0, 0.1) is 19.7 Å². The van der Waals surface area contributed by atoms with Crippen molar-refractivity contribution in [1.82, 2.24) is 20.1 Å². The molecule has 192 valence electrons. The molecule has 0 aliphatic carbocycles. The van der Waals surface area contributed by atoms with E-state index in [4.69, 9.17) is 11.6 Å². The molecular formula is C28H28ClFN4O2S. The number of likely N-dealkylation sites (tertiary alicyclic amines) is 1. The third-order valence-corrected chi connectivity index (χ3v) is 8.22. The Morgan fingerprint density at radius 3 is 2.76 bits per heavy atom. The SMILES string of the molecule is C=C1C=C(C(=O)N2CC3CC2C(=O)N3)C=CN1/C(Cl)=C(\CCC)c1c(F)cccc1-c1nc(C)sc1C. The fourth-order valence-electron chi connectivity index (χ4n) is 5.28. The molecule has 9 heteroatoms. The molecule has 6 nitrogen and oxygen atoms in total. The van der Waals surface area contributed by atoms with Crippen molar-refractivity contribution >= 4 is 40.3 Å². The summed E-state index contributed by atoms with van der Waals surface area (Å²) in [5.74, 6) is -0.685. The average Bonchev–Trinajstić information content (AvgIpc) is 3.54. The molecule has 2 saturated heterocycles. The van der Waals surface area contributed by atoms with Crippen molar-refractivity contribution in [3.63, 3.8) is 0 Å². The summed E-state index contributed by atoms with van der Waals surface area (Å²) in [7, 11) is 0. The number of rotatable bonds is 6. The van der Waals surface area contributed by atoms with Crippen LogP contribution in [0.3, 0.4) is 0 Å². The van der Waals surface area contributed by atoms with Gasteiger partial charge in [-0.25, -0.2) is 9.37 Å². The summed E-state index contributed by atoms with van der Waals surface area (Å²) in [4.78, 5) is 34.2. The summed E-state index contributed by atoms with van der Waals surface area (Å²) in [6.07, 6.45) is 6.94. The van der Waals surface area contributed by atoms with E-state index in [2.05, 4.69) is 16.9 Å². The second kappa shape index (κ2) is 9.91. The Morgan fingerprint density at radius 1 is 1.35 bits per heavy atom. The van der Waals surface area contributed by atoms with Crippen LogP contribution in [-0.2, 0) is 9.59 Å². The van der Waals surface area contributed by atoms with Crippen LogP contribution >= 0.6 is 22.9 Å².